The molecule has 4 amide bonds. The van der Waals surface area contributed by atoms with Crippen LogP contribution in [0.2, 0.25) is 0 Å². The van der Waals surface area contributed by atoms with Crippen molar-refractivity contribution in [1.29, 1.82) is 0 Å². The predicted molar refractivity (Wildman–Crippen MR) is 141 cm³/mol. The quantitative estimate of drug-likeness (QED) is 0.478. The molecule has 37 heavy (non-hydrogen) atoms. The van der Waals surface area contributed by atoms with Gasteiger partial charge in [0.15, 0.2) is 0 Å². The minimum atomic E-state index is -0.986. The Hall–Kier alpha value is -4.21. The van der Waals surface area contributed by atoms with Crippen molar-refractivity contribution in [3.8, 4) is 0 Å². The number of likely N-dealkylation sites (tertiary alicyclic amines) is 1. The number of amides is 4. The van der Waals surface area contributed by atoms with E-state index in [1.807, 2.05) is 32.9 Å². The van der Waals surface area contributed by atoms with Gasteiger partial charge < -0.3 is 15.6 Å². The van der Waals surface area contributed by atoms with Crippen molar-refractivity contribution in [1.82, 2.24) is 24.8 Å². The summed E-state index contributed by atoms with van der Waals surface area (Å²) in [6.07, 6.45) is 5.76. The smallest absolute Gasteiger partial charge is 0.325 e. The van der Waals surface area contributed by atoms with Crippen LogP contribution in [0.3, 0.4) is 0 Å². The fraction of sp³-hybridized carbons (Fsp3) is 0.370. The lowest BCUT2D eigenvalue weighted by Crippen LogP contribution is -2.70. The van der Waals surface area contributed by atoms with Gasteiger partial charge >= 0.3 is 6.03 Å². The number of benzene rings is 1. The van der Waals surface area contributed by atoms with Crippen molar-refractivity contribution in [2.75, 3.05) is 17.7 Å². The van der Waals surface area contributed by atoms with Gasteiger partial charge in [0.1, 0.15) is 11.9 Å². The van der Waals surface area contributed by atoms with Crippen molar-refractivity contribution in [2.24, 2.45) is 13.0 Å². The summed E-state index contributed by atoms with van der Waals surface area (Å²) in [5, 5.41) is 2.98. The molecule has 3 N–H and O–H groups in total. The van der Waals surface area contributed by atoms with Gasteiger partial charge in [-0.1, -0.05) is 30.7 Å². The van der Waals surface area contributed by atoms with E-state index in [0.717, 1.165) is 27.2 Å². The first-order valence-corrected chi connectivity index (χ1v) is 12.3. The van der Waals surface area contributed by atoms with Crippen LogP contribution >= 0.6 is 0 Å². The van der Waals surface area contributed by atoms with Crippen LogP contribution in [0.1, 0.15) is 41.6 Å². The Bertz CT molecular complexity index is 1340. The third-order valence-corrected chi connectivity index (χ3v) is 6.92. The molecule has 4 rings (SSSR count). The standard InChI is InChI=1S/C27H33N7O3/c1-6-21(19-8-7-16(2)13-17(19)3)31-27(37)34-23(25(36)33(5)26-30-11-12-32(26)4)20(24(34)35)14-18-9-10-29-22(28)15-18/h7-13,15,20-21,23H,6,14H2,1-5H3,(H2,28,29)(H,31,37)/t20-,21-,23+/m1/s1. The van der Waals surface area contributed by atoms with Crippen LogP contribution in [0.25, 0.3) is 0 Å². The molecular formula is C27H33N7O3. The number of likely N-dealkylation sites (N-methyl/N-ethyl adjacent to an activating group) is 1. The molecule has 0 spiro atoms. The van der Waals surface area contributed by atoms with E-state index in [9.17, 15) is 14.4 Å². The number of hydrogen-bond acceptors (Lipinski definition) is 6. The van der Waals surface area contributed by atoms with Crippen LogP contribution in [0.4, 0.5) is 16.6 Å². The highest BCUT2D eigenvalue weighted by Gasteiger charge is 2.55. The molecule has 1 fully saturated rings. The van der Waals surface area contributed by atoms with Crippen LogP contribution in [-0.2, 0) is 23.1 Å². The van der Waals surface area contributed by atoms with Gasteiger partial charge in [-0.15, -0.1) is 0 Å². The van der Waals surface area contributed by atoms with E-state index in [1.54, 1.807) is 49.4 Å². The lowest BCUT2D eigenvalue weighted by molar-refractivity contribution is -0.156. The first kappa shape index (κ1) is 25.9. The molecule has 10 heteroatoms. The molecule has 0 radical (unpaired) electrons. The Morgan fingerprint density at radius 1 is 1.16 bits per heavy atom. The highest BCUT2D eigenvalue weighted by atomic mass is 16.2. The van der Waals surface area contributed by atoms with E-state index in [4.69, 9.17) is 5.73 Å². The first-order chi connectivity index (χ1) is 17.6. The summed E-state index contributed by atoms with van der Waals surface area (Å²) >= 11 is 0. The molecule has 0 bridgehead atoms. The summed E-state index contributed by atoms with van der Waals surface area (Å²) in [4.78, 5) is 51.1. The number of hydrogen-bond donors (Lipinski definition) is 2. The van der Waals surface area contributed by atoms with Crippen molar-refractivity contribution in [3.05, 3.63) is 71.2 Å². The van der Waals surface area contributed by atoms with E-state index in [1.165, 1.54) is 4.90 Å². The molecule has 3 aromatic rings. The molecule has 1 aliphatic rings. The number of anilines is 2. The zero-order valence-electron chi connectivity index (χ0n) is 21.8. The number of carbonyl (C=O) groups is 3. The number of nitrogens with one attached hydrogen (secondary N) is 1. The van der Waals surface area contributed by atoms with Gasteiger partial charge in [0, 0.05) is 32.7 Å². The molecule has 1 saturated heterocycles. The zero-order chi connectivity index (χ0) is 26.9. The molecule has 0 aliphatic carbocycles. The van der Waals surface area contributed by atoms with Gasteiger partial charge in [0.2, 0.25) is 11.9 Å². The number of nitrogens with zero attached hydrogens (tertiary/aromatic N) is 5. The van der Waals surface area contributed by atoms with E-state index in [0.29, 0.717) is 18.2 Å². The van der Waals surface area contributed by atoms with Crippen LogP contribution < -0.4 is 16.0 Å². The third-order valence-electron chi connectivity index (χ3n) is 6.92. The number of carbonyl (C=O) groups excluding carboxylic acids is 3. The maximum absolute atomic E-state index is 13.7. The molecular weight excluding hydrogens is 470 g/mol. The average molecular weight is 504 g/mol. The van der Waals surface area contributed by atoms with Crippen molar-refractivity contribution in [3.63, 3.8) is 0 Å². The summed E-state index contributed by atoms with van der Waals surface area (Å²) in [7, 11) is 3.37. The second-order valence-electron chi connectivity index (χ2n) is 9.56. The summed E-state index contributed by atoms with van der Waals surface area (Å²) in [6.45, 7) is 5.98. The summed E-state index contributed by atoms with van der Waals surface area (Å²) in [6, 6.07) is 7.60. The monoisotopic (exact) mass is 503 g/mol. The number of pyridine rings is 1. The maximum atomic E-state index is 13.7. The van der Waals surface area contributed by atoms with E-state index < -0.39 is 29.8 Å². The van der Waals surface area contributed by atoms with Crippen LogP contribution in [0.15, 0.2) is 48.9 Å². The Morgan fingerprint density at radius 2 is 1.92 bits per heavy atom. The minimum absolute atomic E-state index is 0.258. The van der Waals surface area contributed by atoms with Gasteiger partial charge in [-0.2, -0.15) is 0 Å². The molecule has 3 heterocycles. The fourth-order valence-corrected chi connectivity index (χ4v) is 4.94. The summed E-state index contributed by atoms with van der Waals surface area (Å²) < 4.78 is 1.70. The number of aryl methyl sites for hydroxylation is 3. The van der Waals surface area contributed by atoms with Crippen LogP contribution in [0.5, 0.6) is 0 Å². The highest BCUT2D eigenvalue weighted by molar-refractivity contribution is 6.12. The van der Waals surface area contributed by atoms with Gasteiger partial charge in [0.05, 0.1) is 12.0 Å². The van der Waals surface area contributed by atoms with Crippen molar-refractivity contribution < 1.29 is 14.4 Å². The van der Waals surface area contributed by atoms with Gasteiger partial charge in [-0.25, -0.2) is 14.8 Å². The zero-order valence-corrected chi connectivity index (χ0v) is 21.8. The van der Waals surface area contributed by atoms with Crippen molar-refractivity contribution >= 4 is 29.6 Å². The number of imidazole rings is 1. The average Bonchev–Trinajstić information content (AvgIpc) is 3.29. The molecule has 3 atom stereocenters. The van der Waals surface area contributed by atoms with Gasteiger partial charge in [-0.3, -0.25) is 19.4 Å². The number of nitrogens with two attached hydrogens (primary N) is 1. The lowest BCUT2D eigenvalue weighted by Gasteiger charge is -2.45. The number of urea groups is 1. The fourth-order valence-electron chi connectivity index (χ4n) is 4.94. The Kier molecular flexibility index (Phi) is 7.28. The summed E-state index contributed by atoms with van der Waals surface area (Å²) in [5.41, 5.74) is 9.74. The highest BCUT2D eigenvalue weighted by Crippen LogP contribution is 2.33. The van der Waals surface area contributed by atoms with E-state index in [2.05, 4.69) is 21.4 Å². The second kappa shape index (κ2) is 10.4. The van der Waals surface area contributed by atoms with Crippen LogP contribution in [-0.4, -0.2) is 50.4 Å². The number of rotatable bonds is 7. The van der Waals surface area contributed by atoms with Crippen LogP contribution in [0, 0.1) is 19.8 Å². The SMILES string of the molecule is CC[C@@H](NC(=O)N1C(=O)[C@H](Cc2ccnc(N)c2)[C@H]1C(=O)N(C)c1nccn1C)c1ccc(C)cc1C. The van der Waals surface area contributed by atoms with E-state index in [-0.39, 0.29) is 12.5 Å². The second-order valence-corrected chi connectivity index (χ2v) is 9.56. The van der Waals surface area contributed by atoms with Gasteiger partial charge in [-0.05, 0) is 55.5 Å². The molecule has 194 valence electrons. The number of nitrogen functional groups attached to an aromatic ring is 1. The topological polar surface area (TPSA) is 126 Å². The first-order valence-electron chi connectivity index (χ1n) is 12.3. The Labute approximate surface area is 216 Å². The number of aromatic nitrogens is 3. The molecule has 2 aromatic heterocycles. The molecule has 0 unspecified atom stereocenters. The predicted octanol–water partition coefficient (Wildman–Crippen LogP) is 2.91. The molecule has 0 saturated carbocycles. The minimum Gasteiger partial charge on any atom is -0.384 e. The van der Waals surface area contributed by atoms with Gasteiger partial charge in [0.25, 0.3) is 5.91 Å². The Balaban J connectivity index is 1.61. The number of β-lactam (4-membered cyclic amide) rings is 1. The lowest BCUT2D eigenvalue weighted by atomic mass is 9.81. The largest absolute Gasteiger partial charge is 0.384 e. The molecule has 1 aliphatic heterocycles. The van der Waals surface area contributed by atoms with E-state index >= 15 is 0 Å². The Morgan fingerprint density at radius 3 is 2.54 bits per heavy atom. The number of imide groups is 1. The molecule has 1 aromatic carbocycles. The van der Waals surface area contributed by atoms with Crippen molar-refractivity contribution in [2.45, 2.75) is 45.7 Å². The maximum Gasteiger partial charge on any atom is 0.325 e. The third kappa shape index (κ3) is 5.04. The normalized spacial score (nSPS) is 17.8. The molecule has 10 nitrogen and oxygen atoms in total. The summed E-state index contributed by atoms with van der Waals surface area (Å²) in [5.74, 6) is -0.779.